The molecule has 1 aliphatic carbocycles. The number of anilines is 1. The molecule has 8 nitrogen and oxygen atoms in total. The molecule has 1 saturated heterocycles. The van der Waals surface area contributed by atoms with Crippen molar-refractivity contribution in [3.8, 4) is 0 Å². The van der Waals surface area contributed by atoms with E-state index < -0.39 is 10.0 Å². The monoisotopic (exact) mass is 415 g/mol. The van der Waals surface area contributed by atoms with Gasteiger partial charge in [0.25, 0.3) is 0 Å². The number of hydrogen-bond acceptors (Lipinski definition) is 7. The third-order valence-electron chi connectivity index (χ3n) is 5.22. The van der Waals surface area contributed by atoms with Crippen molar-refractivity contribution in [1.82, 2.24) is 10.2 Å². The number of allylic oxidation sites excluding steroid dienone is 2. The standard InChI is InChI=1S/C20H25N5O3S/c1-25-19-14(3-2-4-18(19)28-16-9-11-22-12-10-16)13-23-20(25)24-15-5-7-17(8-6-15)29(21,26)27/h2-8,13,16,19,22H,9-12H2,1H3,(H,23,24)(H2,21,26,27). The van der Waals surface area contributed by atoms with Crippen molar-refractivity contribution in [1.29, 1.82) is 0 Å². The van der Waals surface area contributed by atoms with Gasteiger partial charge in [0.2, 0.25) is 16.0 Å². The van der Waals surface area contributed by atoms with E-state index in [4.69, 9.17) is 9.88 Å². The van der Waals surface area contributed by atoms with Crippen LogP contribution >= 0.6 is 0 Å². The third-order valence-corrected chi connectivity index (χ3v) is 6.15. The summed E-state index contributed by atoms with van der Waals surface area (Å²) in [5, 5.41) is 11.8. The van der Waals surface area contributed by atoms with Crippen LogP contribution in [-0.4, -0.2) is 51.6 Å². The SMILES string of the molecule is CN1C(Nc2ccc(S(N)(=O)=O)cc2)=NC=C2C=CC=C(OC3CCNCC3)C21. The Morgan fingerprint density at radius 2 is 1.97 bits per heavy atom. The van der Waals surface area contributed by atoms with E-state index in [1.807, 2.05) is 36.4 Å². The Morgan fingerprint density at radius 1 is 1.24 bits per heavy atom. The van der Waals surface area contributed by atoms with Crippen LogP contribution < -0.4 is 15.8 Å². The normalized spacial score (nSPS) is 22.3. The van der Waals surface area contributed by atoms with Crippen LogP contribution in [0.4, 0.5) is 5.69 Å². The van der Waals surface area contributed by atoms with Gasteiger partial charge in [-0.2, -0.15) is 0 Å². The number of likely N-dealkylation sites (N-methyl/N-ethyl adjacent to an activating group) is 1. The molecule has 29 heavy (non-hydrogen) atoms. The largest absolute Gasteiger partial charge is 0.492 e. The lowest BCUT2D eigenvalue weighted by Gasteiger charge is -2.38. The number of nitrogens with one attached hydrogen (secondary N) is 2. The average molecular weight is 416 g/mol. The van der Waals surface area contributed by atoms with Gasteiger partial charge in [0, 0.05) is 24.5 Å². The molecular formula is C20H25N5O3S. The second kappa shape index (κ2) is 8.02. The molecule has 0 spiro atoms. The van der Waals surface area contributed by atoms with Gasteiger partial charge in [-0.3, -0.25) is 0 Å². The molecule has 4 rings (SSSR count). The van der Waals surface area contributed by atoms with Crippen LogP contribution in [0.2, 0.25) is 0 Å². The van der Waals surface area contributed by atoms with Gasteiger partial charge in [0.05, 0.1) is 4.90 Å². The highest BCUT2D eigenvalue weighted by Crippen LogP contribution is 2.30. The van der Waals surface area contributed by atoms with E-state index in [0.717, 1.165) is 43.0 Å². The third kappa shape index (κ3) is 4.36. The maximum absolute atomic E-state index is 11.4. The molecule has 154 valence electrons. The highest BCUT2D eigenvalue weighted by molar-refractivity contribution is 7.89. The van der Waals surface area contributed by atoms with Crippen LogP contribution in [0.25, 0.3) is 0 Å². The van der Waals surface area contributed by atoms with Crippen molar-refractivity contribution in [2.24, 2.45) is 10.1 Å². The molecular weight excluding hydrogens is 390 g/mol. The number of piperidine rings is 1. The number of ether oxygens (including phenoxy) is 1. The number of nitrogens with zero attached hydrogens (tertiary/aromatic N) is 2. The van der Waals surface area contributed by atoms with Crippen molar-refractivity contribution in [2.45, 2.75) is 29.9 Å². The molecule has 1 atom stereocenters. The first-order valence-electron chi connectivity index (χ1n) is 9.58. The average Bonchev–Trinajstić information content (AvgIpc) is 2.71. The first kappa shape index (κ1) is 19.7. The molecule has 1 fully saturated rings. The summed E-state index contributed by atoms with van der Waals surface area (Å²) in [5.74, 6) is 1.56. The number of aliphatic imine (C=N–C) groups is 1. The smallest absolute Gasteiger partial charge is 0.238 e. The van der Waals surface area contributed by atoms with E-state index in [0.29, 0.717) is 5.96 Å². The highest BCUT2D eigenvalue weighted by atomic mass is 32.2. The first-order chi connectivity index (χ1) is 13.9. The lowest BCUT2D eigenvalue weighted by Crippen LogP contribution is -2.46. The molecule has 0 saturated carbocycles. The number of nitrogens with two attached hydrogens (primary N) is 1. The maximum Gasteiger partial charge on any atom is 0.238 e. The molecule has 1 unspecified atom stereocenters. The molecule has 9 heteroatoms. The molecule has 0 amide bonds. The van der Waals surface area contributed by atoms with E-state index in [2.05, 4.69) is 15.6 Å². The van der Waals surface area contributed by atoms with Gasteiger partial charge in [-0.05, 0) is 56.3 Å². The van der Waals surface area contributed by atoms with Crippen LogP contribution in [0.3, 0.4) is 0 Å². The van der Waals surface area contributed by atoms with Crippen molar-refractivity contribution < 1.29 is 13.2 Å². The number of sulfonamides is 1. The van der Waals surface area contributed by atoms with Gasteiger partial charge in [-0.1, -0.05) is 12.2 Å². The lowest BCUT2D eigenvalue weighted by atomic mass is 9.98. The summed E-state index contributed by atoms with van der Waals surface area (Å²) in [4.78, 5) is 6.62. The van der Waals surface area contributed by atoms with Crippen molar-refractivity contribution in [3.05, 3.63) is 60.0 Å². The molecule has 1 aromatic rings. The Bertz CT molecular complexity index is 989. The zero-order valence-electron chi connectivity index (χ0n) is 16.2. The quantitative estimate of drug-likeness (QED) is 0.688. The minimum Gasteiger partial charge on any atom is -0.492 e. The molecule has 4 N–H and O–H groups in total. The van der Waals surface area contributed by atoms with Crippen LogP contribution in [0.15, 0.2) is 69.9 Å². The molecule has 0 radical (unpaired) electrons. The fourth-order valence-corrected chi connectivity index (χ4v) is 4.18. The van der Waals surface area contributed by atoms with Gasteiger partial charge in [-0.25, -0.2) is 18.5 Å². The zero-order valence-corrected chi connectivity index (χ0v) is 17.0. The van der Waals surface area contributed by atoms with Crippen LogP contribution in [0, 0.1) is 0 Å². The van der Waals surface area contributed by atoms with Gasteiger partial charge in [0.15, 0.2) is 0 Å². The van der Waals surface area contributed by atoms with E-state index >= 15 is 0 Å². The molecule has 1 aromatic carbocycles. The molecule has 0 aromatic heterocycles. The van der Waals surface area contributed by atoms with Gasteiger partial charge in [-0.15, -0.1) is 0 Å². The number of primary sulfonamides is 1. The number of fused-ring (bicyclic) bond motifs is 1. The predicted octanol–water partition coefficient (Wildman–Crippen LogP) is 1.52. The number of benzene rings is 1. The Kier molecular flexibility index (Phi) is 5.44. The molecule has 2 aliphatic heterocycles. The fraction of sp³-hybridized carbons (Fsp3) is 0.350. The van der Waals surface area contributed by atoms with Crippen LogP contribution in [0.5, 0.6) is 0 Å². The topological polar surface area (TPSA) is 109 Å². The summed E-state index contributed by atoms with van der Waals surface area (Å²) in [5.41, 5.74) is 1.78. The van der Waals surface area contributed by atoms with E-state index in [-0.39, 0.29) is 17.0 Å². The lowest BCUT2D eigenvalue weighted by molar-refractivity contribution is 0.0698. The summed E-state index contributed by atoms with van der Waals surface area (Å²) >= 11 is 0. The van der Waals surface area contributed by atoms with Gasteiger partial charge in [0.1, 0.15) is 17.9 Å². The van der Waals surface area contributed by atoms with Gasteiger partial charge < -0.3 is 20.3 Å². The second-order valence-corrected chi connectivity index (χ2v) is 8.85. The summed E-state index contributed by atoms with van der Waals surface area (Å²) in [6.45, 7) is 1.94. The zero-order chi connectivity index (χ0) is 20.4. The van der Waals surface area contributed by atoms with E-state index in [9.17, 15) is 8.42 Å². The predicted molar refractivity (Wildman–Crippen MR) is 113 cm³/mol. The van der Waals surface area contributed by atoms with Gasteiger partial charge >= 0.3 is 0 Å². The fourth-order valence-electron chi connectivity index (χ4n) is 3.66. The van der Waals surface area contributed by atoms with Crippen molar-refractivity contribution in [3.63, 3.8) is 0 Å². The number of hydrogen-bond donors (Lipinski definition) is 3. The Balaban J connectivity index is 1.50. The Labute approximate surface area is 170 Å². The highest BCUT2D eigenvalue weighted by Gasteiger charge is 2.32. The van der Waals surface area contributed by atoms with Crippen molar-refractivity contribution in [2.75, 3.05) is 25.5 Å². The summed E-state index contributed by atoms with van der Waals surface area (Å²) in [6, 6.07) is 6.21. The summed E-state index contributed by atoms with van der Waals surface area (Å²) in [7, 11) is -1.76. The summed E-state index contributed by atoms with van der Waals surface area (Å²) < 4.78 is 29.2. The number of rotatable bonds is 4. The molecule has 0 bridgehead atoms. The van der Waals surface area contributed by atoms with E-state index in [1.165, 1.54) is 12.1 Å². The van der Waals surface area contributed by atoms with Crippen molar-refractivity contribution >= 4 is 21.7 Å². The van der Waals surface area contributed by atoms with Crippen LogP contribution in [0.1, 0.15) is 12.8 Å². The maximum atomic E-state index is 11.4. The second-order valence-electron chi connectivity index (χ2n) is 7.28. The minimum absolute atomic E-state index is 0.0569. The Morgan fingerprint density at radius 3 is 2.66 bits per heavy atom. The van der Waals surface area contributed by atoms with Crippen LogP contribution in [-0.2, 0) is 14.8 Å². The van der Waals surface area contributed by atoms with E-state index in [1.54, 1.807) is 12.1 Å². The first-order valence-corrected chi connectivity index (χ1v) is 11.1. The number of guanidine groups is 1. The molecule has 3 aliphatic rings. The molecule has 2 heterocycles. The summed E-state index contributed by atoms with van der Waals surface area (Å²) in [6.07, 6.45) is 10.1. The minimum atomic E-state index is -3.71. The Hall–Kier alpha value is -2.62.